The molecule has 0 bridgehead atoms. The number of fused-ring (bicyclic) bond motifs is 2. The summed E-state index contributed by atoms with van der Waals surface area (Å²) in [4.78, 5) is 30.2. The Labute approximate surface area is 191 Å². The minimum absolute atomic E-state index is 0.0259. The third-order valence-electron chi connectivity index (χ3n) is 7.06. The second-order valence-electron chi connectivity index (χ2n) is 9.80. The number of ether oxygens (including phenoxy) is 2. The molecule has 1 saturated heterocycles. The van der Waals surface area contributed by atoms with Crippen molar-refractivity contribution in [2.45, 2.75) is 50.4 Å². The topological polar surface area (TPSA) is 59.1 Å². The Morgan fingerprint density at radius 1 is 1.03 bits per heavy atom. The van der Waals surface area contributed by atoms with Crippen LogP contribution in [0.1, 0.15) is 49.8 Å². The zero-order chi connectivity index (χ0) is 22.4. The first-order valence-corrected chi connectivity index (χ1v) is 12.1. The standard InChI is InChI=1S/C25H26N2O4S/c1-14-9-17-15(2)12-24(3,4)27-22(17)18(10-14)25(23(27)29)26(21(28)13-32-25)16-5-6-19-20(11-16)31-8-7-30-19/h5-6,9-11,15H,7-8,12-13H2,1-4H3/t15-,25-/m1/s1. The Balaban J connectivity index is 1.59. The molecule has 2 aromatic rings. The molecule has 32 heavy (non-hydrogen) atoms. The third-order valence-corrected chi connectivity index (χ3v) is 8.45. The summed E-state index contributed by atoms with van der Waals surface area (Å²) in [5, 5.41) is 0. The van der Waals surface area contributed by atoms with Crippen LogP contribution < -0.4 is 19.3 Å². The summed E-state index contributed by atoms with van der Waals surface area (Å²) >= 11 is 1.43. The zero-order valence-electron chi connectivity index (χ0n) is 18.7. The van der Waals surface area contributed by atoms with Crippen molar-refractivity contribution in [3.8, 4) is 11.5 Å². The molecule has 4 aliphatic rings. The van der Waals surface area contributed by atoms with Gasteiger partial charge < -0.3 is 14.4 Å². The van der Waals surface area contributed by atoms with Gasteiger partial charge in [-0.3, -0.25) is 14.5 Å². The average Bonchev–Trinajstić information content (AvgIpc) is 3.22. The van der Waals surface area contributed by atoms with Crippen molar-refractivity contribution in [2.24, 2.45) is 0 Å². The van der Waals surface area contributed by atoms with Gasteiger partial charge in [0, 0.05) is 22.9 Å². The predicted molar refractivity (Wildman–Crippen MR) is 125 cm³/mol. The molecule has 2 aromatic carbocycles. The van der Waals surface area contributed by atoms with E-state index in [-0.39, 0.29) is 23.1 Å². The van der Waals surface area contributed by atoms with E-state index in [1.807, 2.05) is 23.1 Å². The number of aryl methyl sites for hydroxylation is 1. The van der Waals surface area contributed by atoms with Gasteiger partial charge in [-0.25, -0.2) is 0 Å². The monoisotopic (exact) mass is 450 g/mol. The first kappa shape index (κ1) is 20.0. The van der Waals surface area contributed by atoms with E-state index in [9.17, 15) is 9.59 Å². The minimum Gasteiger partial charge on any atom is -0.486 e. The van der Waals surface area contributed by atoms with Gasteiger partial charge in [0.15, 0.2) is 11.5 Å². The first-order chi connectivity index (χ1) is 15.2. The molecule has 166 valence electrons. The van der Waals surface area contributed by atoms with E-state index in [0.29, 0.717) is 36.3 Å². The number of rotatable bonds is 1. The van der Waals surface area contributed by atoms with Gasteiger partial charge in [-0.2, -0.15) is 0 Å². The molecule has 6 rings (SSSR count). The van der Waals surface area contributed by atoms with Gasteiger partial charge in [0.25, 0.3) is 5.91 Å². The van der Waals surface area contributed by atoms with E-state index >= 15 is 0 Å². The number of carbonyl (C=O) groups excluding carboxylic acids is 2. The largest absolute Gasteiger partial charge is 0.486 e. The Morgan fingerprint density at radius 3 is 2.56 bits per heavy atom. The van der Waals surface area contributed by atoms with Crippen molar-refractivity contribution in [3.63, 3.8) is 0 Å². The minimum atomic E-state index is -1.10. The summed E-state index contributed by atoms with van der Waals surface area (Å²) in [6.07, 6.45) is 0.882. The van der Waals surface area contributed by atoms with Crippen molar-refractivity contribution in [1.29, 1.82) is 0 Å². The summed E-state index contributed by atoms with van der Waals surface area (Å²) in [6.45, 7) is 9.53. The van der Waals surface area contributed by atoms with E-state index in [1.54, 1.807) is 4.90 Å². The summed E-state index contributed by atoms with van der Waals surface area (Å²) in [5.41, 5.74) is 4.57. The number of nitrogens with zero attached hydrogens (tertiary/aromatic N) is 2. The summed E-state index contributed by atoms with van der Waals surface area (Å²) in [5.74, 6) is 1.77. The second-order valence-corrected chi connectivity index (χ2v) is 11.0. The molecule has 2 amide bonds. The van der Waals surface area contributed by atoms with E-state index < -0.39 is 4.87 Å². The smallest absolute Gasteiger partial charge is 0.269 e. The van der Waals surface area contributed by atoms with Crippen LogP contribution in [-0.4, -0.2) is 36.3 Å². The molecule has 0 aliphatic carbocycles. The lowest BCUT2D eigenvalue weighted by molar-refractivity contribution is -0.124. The van der Waals surface area contributed by atoms with Crippen LogP contribution in [0.25, 0.3) is 0 Å². The van der Waals surface area contributed by atoms with Gasteiger partial charge in [0.1, 0.15) is 13.2 Å². The van der Waals surface area contributed by atoms with Gasteiger partial charge in [0.2, 0.25) is 10.8 Å². The van der Waals surface area contributed by atoms with Crippen molar-refractivity contribution >= 4 is 35.0 Å². The molecule has 0 radical (unpaired) electrons. The van der Waals surface area contributed by atoms with Crippen LogP contribution in [0.2, 0.25) is 0 Å². The van der Waals surface area contributed by atoms with Gasteiger partial charge in [-0.1, -0.05) is 24.6 Å². The summed E-state index contributed by atoms with van der Waals surface area (Å²) in [6, 6.07) is 9.82. The van der Waals surface area contributed by atoms with Crippen LogP contribution >= 0.6 is 11.8 Å². The third kappa shape index (κ3) is 2.43. The molecular formula is C25H26N2O4S. The SMILES string of the molecule is Cc1cc2c3c(c1)[C@@]1(SCC(=O)N1c1ccc4c(c1)OCCO4)C(=O)N3C(C)(C)C[C@H]2C. The highest BCUT2D eigenvalue weighted by molar-refractivity contribution is 8.02. The number of hydrogen-bond acceptors (Lipinski definition) is 5. The fraction of sp³-hybridized carbons (Fsp3) is 0.440. The quantitative estimate of drug-likeness (QED) is 0.647. The van der Waals surface area contributed by atoms with Crippen LogP contribution in [0.3, 0.4) is 0 Å². The number of anilines is 2. The van der Waals surface area contributed by atoms with Crippen molar-refractivity contribution in [2.75, 3.05) is 28.8 Å². The Bertz CT molecular complexity index is 1190. The lowest BCUT2D eigenvalue weighted by atomic mass is 9.80. The molecule has 0 N–H and O–H groups in total. The van der Waals surface area contributed by atoms with E-state index in [2.05, 4.69) is 39.8 Å². The van der Waals surface area contributed by atoms with Gasteiger partial charge in [-0.15, -0.1) is 11.8 Å². The van der Waals surface area contributed by atoms with Crippen LogP contribution in [-0.2, 0) is 14.5 Å². The Kier molecular flexibility index (Phi) is 4.02. The highest BCUT2D eigenvalue weighted by Crippen LogP contribution is 2.61. The average molecular weight is 451 g/mol. The molecular weight excluding hydrogens is 424 g/mol. The van der Waals surface area contributed by atoms with Crippen molar-refractivity contribution in [1.82, 2.24) is 0 Å². The lowest BCUT2D eigenvalue weighted by Crippen LogP contribution is -2.56. The number of amides is 2. The first-order valence-electron chi connectivity index (χ1n) is 11.1. The normalized spacial score (nSPS) is 27.3. The summed E-state index contributed by atoms with van der Waals surface area (Å²) in [7, 11) is 0. The summed E-state index contributed by atoms with van der Waals surface area (Å²) < 4.78 is 11.4. The maximum Gasteiger partial charge on any atom is 0.269 e. The molecule has 0 unspecified atom stereocenters. The van der Waals surface area contributed by atoms with Crippen LogP contribution in [0.15, 0.2) is 30.3 Å². The van der Waals surface area contributed by atoms with Crippen LogP contribution in [0, 0.1) is 6.92 Å². The molecule has 2 atom stereocenters. The van der Waals surface area contributed by atoms with E-state index in [0.717, 1.165) is 23.2 Å². The number of thioether (sulfide) groups is 1. The van der Waals surface area contributed by atoms with E-state index in [4.69, 9.17) is 9.47 Å². The molecule has 4 aliphatic heterocycles. The van der Waals surface area contributed by atoms with Crippen molar-refractivity contribution < 1.29 is 19.1 Å². The molecule has 7 heteroatoms. The molecule has 6 nitrogen and oxygen atoms in total. The molecule has 1 fully saturated rings. The fourth-order valence-corrected chi connectivity index (χ4v) is 7.23. The molecule has 0 aromatic heterocycles. The van der Waals surface area contributed by atoms with E-state index in [1.165, 1.54) is 17.3 Å². The predicted octanol–water partition coefficient (Wildman–Crippen LogP) is 4.33. The molecule has 0 saturated carbocycles. The Morgan fingerprint density at radius 2 is 1.78 bits per heavy atom. The van der Waals surface area contributed by atoms with Crippen molar-refractivity contribution in [3.05, 3.63) is 47.0 Å². The van der Waals surface area contributed by atoms with Crippen LogP contribution in [0.4, 0.5) is 11.4 Å². The fourth-order valence-electron chi connectivity index (χ4n) is 5.91. The number of benzene rings is 2. The Hall–Kier alpha value is -2.67. The highest BCUT2D eigenvalue weighted by Gasteiger charge is 2.64. The highest BCUT2D eigenvalue weighted by atomic mass is 32.2. The lowest BCUT2D eigenvalue weighted by Gasteiger charge is -2.44. The second kappa shape index (κ2) is 6.44. The number of carbonyl (C=O) groups is 2. The number of hydrogen-bond donors (Lipinski definition) is 0. The maximum atomic E-state index is 14.3. The van der Waals surface area contributed by atoms with Gasteiger partial charge >= 0.3 is 0 Å². The van der Waals surface area contributed by atoms with Gasteiger partial charge in [0.05, 0.1) is 11.4 Å². The molecule has 1 spiro atoms. The zero-order valence-corrected chi connectivity index (χ0v) is 19.5. The van der Waals surface area contributed by atoms with Gasteiger partial charge in [-0.05, 0) is 50.8 Å². The van der Waals surface area contributed by atoms with Crippen LogP contribution in [0.5, 0.6) is 11.5 Å². The molecule has 4 heterocycles. The maximum absolute atomic E-state index is 14.3.